The Bertz CT molecular complexity index is 788. The molecule has 6 nitrogen and oxygen atoms in total. The van der Waals surface area contributed by atoms with Crippen LogP contribution < -0.4 is 0 Å². The van der Waals surface area contributed by atoms with Gasteiger partial charge in [0.1, 0.15) is 5.69 Å². The van der Waals surface area contributed by atoms with Gasteiger partial charge in [0.15, 0.2) is 0 Å². The van der Waals surface area contributed by atoms with Crippen LogP contribution in [0.4, 0.5) is 0 Å². The smallest absolute Gasteiger partial charge is 0.211 e. The van der Waals surface area contributed by atoms with Crippen molar-refractivity contribution in [1.82, 2.24) is 19.3 Å². The molecule has 2 aromatic rings. The van der Waals surface area contributed by atoms with Crippen molar-refractivity contribution in [2.75, 3.05) is 19.3 Å². The summed E-state index contributed by atoms with van der Waals surface area (Å²) < 4.78 is 25.0. The maximum Gasteiger partial charge on any atom is 0.211 e. The van der Waals surface area contributed by atoms with Crippen molar-refractivity contribution in [1.29, 1.82) is 0 Å². The second-order valence-corrected chi connectivity index (χ2v) is 9.19. The molecule has 0 amide bonds. The summed E-state index contributed by atoms with van der Waals surface area (Å²) in [5, 5.41) is 1.00. The van der Waals surface area contributed by atoms with Crippen LogP contribution in [0.1, 0.15) is 23.5 Å². The first-order valence-electron chi connectivity index (χ1n) is 7.60. The number of hydrogen-bond acceptors (Lipinski definition) is 6. The summed E-state index contributed by atoms with van der Waals surface area (Å²) in [6.07, 6.45) is 9.31. The zero-order valence-electron chi connectivity index (χ0n) is 13.3. The molecule has 0 aliphatic carbocycles. The van der Waals surface area contributed by atoms with Crippen LogP contribution in [0.3, 0.4) is 0 Å². The highest BCUT2D eigenvalue weighted by atomic mass is 32.2. The first-order valence-corrected chi connectivity index (χ1v) is 10.3. The van der Waals surface area contributed by atoms with Gasteiger partial charge in [0.25, 0.3) is 0 Å². The first kappa shape index (κ1) is 16.5. The van der Waals surface area contributed by atoms with Gasteiger partial charge in [-0.2, -0.15) is 0 Å². The van der Waals surface area contributed by atoms with Gasteiger partial charge in [-0.25, -0.2) is 22.7 Å². The van der Waals surface area contributed by atoms with E-state index in [1.165, 1.54) is 6.26 Å². The maximum atomic E-state index is 11.7. The van der Waals surface area contributed by atoms with E-state index in [9.17, 15) is 8.42 Å². The van der Waals surface area contributed by atoms with Gasteiger partial charge in [0.2, 0.25) is 10.0 Å². The Morgan fingerprint density at radius 2 is 2.17 bits per heavy atom. The van der Waals surface area contributed by atoms with Gasteiger partial charge in [0, 0.05) is 25.5 Å². The van der Waals surface area contributed by atoms with E-state index in [-0.39, 0.29) is 0 Å². The fraction of sp³-hybridized carbons (Fsp3) is 0.533. The van der Waals surface area contributed by atoms with Gasteiger partial charge in [-0.05, 0) is 32.1 Å². The molecule has 0 saturated carbocycles. The third kappa shape index (κ3) is 4.13. The highest BCUT2D eigenvalue weighted by Gasteiger charge is 2.26. The SMILES string of the molecule is Cc1ncc(-c2cncc(C[C@@H]3CCCN(S(C)(=O)=O)C3)n2)s1. The summed E-state index contributed by atoms with van der Waals surface area (Å²) in [7, 11) is -3.11. The lowest BCUT2D eigenvalue weighted by Crippen LogP contribution is -2.39. The number of piperidine rings is 1. The maximum absolute atomic E-state index is 11.7. The minimum absolute atomic E-state index is 0.297. The molecule has 0 unspecified atom stereocenters. The molecular formula is C15H20N4O2S2. The molecule has 1 saturated heterocycles. The van der Waals surface area contributed by atoms with Crippen LogP contribution in [0.5, 0.6) is 0 Å². The molecule has 1 atom stereocenters. The molecule has 0 bridgehead atoms. The van der Waals surface area contributed by atoms with E-state index in [2.05, 4.69) is 15.0 Å². The van der Waals surface area contributed by atoms with E-state index < -0.39 is 10.0 Å². The Labute approximate surface area is 140 Å². The molecule has 0 aromatic carbocycles. The molecule has 0 spiro atoms. The minimum Gasteiger partial charge on any atom is -0.261 e. The van der Waals surface area contributed by atoms with E-state index in [4.69, 9.17) is 0 Å². The predicted molar refractivity (Wildman–Crippen MR) is 90.7 cm³/mol. The largest absolute Gasteiger partial charge is 0.261 e. The molecule has 1 aliphatic rings. The van der Waals surface area contributed by atoms with Gasteiger partial charge in [-0.15, -0.1) is 11.3 Å². The molecule has 8 heteroatoms. The predicted octanol–water partition coefficient (Wildman–Crippen LogP) is 2.12. The van der Waals surface area contributed by atoms with Crippen LogP contribution in [0.15, 0.2) is 18.6 Å². The van der Waals surface area contributed by atoms with Crippen molar-refractivity contribution < 1.29 is 8.42 Å². The van der Waals surface area contributed by atoms with E-state index in [0.717, 1.165) is 40.5 Å². The van der Waals surface area contributed by atoms with Gasteiger partial charge in [-0.3, -0.25) is 4.98 Å². The fourth-order valence-electron chi connectivity index (χ4n) is 2.89. The van der Waals surface area contributed by atoms with Crippen LogP contribution in [-0.2, 0) is 16.4 Å². The van der Waals surface area contributed by atoms with Crippen LogP contribution in [-0.4, -0.2) is 47.0 Å². The molecule has 3 rings (SSSR count). The van der Waals surface area contributed by atoms with E-state index in [0.29, 0.717) is 19.0 Å². The van der Waals surface area contributed by atoms with Gasteiger partial charge in [0.05, 0.1) is 28.0 Å². The third-order valence-corrected chi connectivity index (χ3v) is 6.21. The van der Waals surface area contributed by atoms with Crippen LogP contribution in [0, 0.1) is 12.8 Å². The lowest BCUT2D eigenvalue weighted by molar-refractivity contribution is 0.265. The molecule has 23 heavy (non-hydrogen) atoms. The van der Waals surface area contributed by atoms with E-state index >= 15 is 0 Å². The molecule has 0 radical (unpaired) electrons. The quantitative estimate of drug-likeness (QED) is 0.842. The summed E-state index contributed by atoms with van der Waals surface area (Å²) in [4.78, 5) is 14.2. The minimum atomic E-state index is -3.11. The lowest BCUT2D eigenvalue weighted by Gasteiger charge is -2.30. The van der Waals surface area contributed by atoms with Crippen molar-refractivity contribution in [3.63, 3.8) is 0 Å². The van der Waals surface area contributed by atoms with Crippen LogP contribution in [0.25, 0.3) is 10.6 Å². The Balaban J connectivity index is 1.73. The lowest BCUT2D eigenvalue weighted by atomic mass is 9.95. The van der Waals surface area contributed by atoms with Gasteiger partial charge < -0.3 is 0 Å². The third-order valence-electron chi connectivity index (χ3n) is 4.01. The molecule has 1 fully saturated rings. The van der Waals surface area contributed by atoms with Crippen molar-refractivity contribution in [2.45, 2.75) is 26.2 Å². The number of nitrogens with zero attached hydrogens (tertiary/aromatic N) is 4. The summed E-state index contributed by atoms with van der Waals surface area (Å²) in [6, 6.07) is 0. The van der Waals surface area contributed by atoms with Crippen LogP contribution in [0.2, 0.25) is 0 Å². The van der Waals surface area contributed by atoms with Crippen molar-refractivity contribution in [3.8, 4) is 10.6 Å². The van der Waals surface area contributed by atoms with Crippen molar-refractivity contribution >= 4 is 21.4 Å². The molecule has 1 aliphatic heterocycles. The van der Waals surface area contributed by atoms with Crippen molar-refractivity contribution in [3.05, 3.63) is 29.3 Å². The Morgan fingerprint density at radius 1 is 1.35 bits per heavy atom. The first-order chi connectivity index (χ1) is 10.9. The standard InChI is InChI=1S/C15H20N4O2S2/c1-11-17-9-15(22-11)14-8-16-7-13(18-14)6-12-4-3-5-19(10-12)23(2,20)21/h7-9,12H,3-6,10H2,1-2H3/t12-/m0/s1. The zero-order chi connectivity index (χ0) is 16.4. The van der Waals surface area contributed by atoms with Crippen LogP contribution >= 0.6 is 11.3 Å². The van der Waals surface area contributed by atoms with Gasteiger partial charge >= 0.3 is 0 Å². The number of aromatic nitrogens is 3. The number of thiazole rings is 1. The topological polar surface area (TPSA) is 76.1 Å². The monoisotopic (exact) mass is 352 g/mol. The Morgan fingerprint density at radius 3 is 2.87 bits per heavy atom. The summed E-state index contributed by atoms with van der Waals surface area (Å²) in [6.45, 7) is 3.17. The number of hydrogen-bond donors (Lipinski definition) is 0. The summed E-state index contributed by atoms with van der Waals surface area (Å²) in [5.74, 6) is 0.297. The number of rotatable bonds is 4. The van der Waals surface area contributed by atoms with Crippen molar-refractivity contribution in [2.24, 2.45) is 5.92 Å². The Hall–Kier alpha value is -1.38. The van der Waals surface area contributed by atoms with E-state index in [1.807, 2.05) is 13.1 Å². The second kappa shape index (κ2) is 6.62. The van der Waals surface area contributed by atoms with E-state index in [1.54, 1.807) is 28.0 Å². The molecule has 3 heterocycles. The average Bonchev–Trinajstić information content (AvgIpc) is 2.94. The zero-order valence-corrected chi connectivity index (χ0v) is 14.9. The molecular weight excluding hydrogens is 332 g/mol. The molecule has 124 valence electrons. The number of sulfonamides is 1. The highest BCUT2D eigenvalue weighted by molar-refractivity contribution is 7.88. The second-order valence-electron chi connectivity index (χ2n) is 5.97. The number of aryl methyl sites for hydroxylation is 1. The fourth-order valence-corrected chi connectivity index (χ4v) is 4.57. The Kier molecular flexibility index (Phi) is 4.74. The highest BCUT2D eigenvalue weighted by Crippen LogP contribution is 2.25. The summed E-state index contributed by atoms with van der Waals surface area (Å²) >= 11 is 1.60. The molecule has 0 N–H and O–H groups in total. The summed E-state index contributed by atoms with van der Waals surface area (Å²) in [5.41, 5.74) is 1.75. The van der Waals surface area contributed by atoms with Gasteiger partial charge in [-0.1, -0.05) is 0 Å². The molecule has 2 aromatic heterocycles. The average molecular weight is 352 g/mol. The normalized spacial score (nSPS) is 19.8.